The van der Waals surface area contributed by atoms with Crippen molar-refractivity contribution in [2.75, 3.05) is 0 Å². The van der Waals surface area contributed by atoms with Gasteiger partial charge in [0.05, 0.1) is 0 Å². The zero-order valence-corrected chi connectivity index (χ0v) is 11.7. The van der Waals surface area contributed by atoms with E-state index in [1.54, 1.807) is 6.92 Å². The first-order chi connectivity index (χ1) is 7.56. The highest BCUT2D eigenvalue weighted by Crippen LogP contribution is 2.19. The number of hydrogen-bond acceptors (Lipinski definition) is 1. The second kappa shape index (κ2) is 9.86. The largest absolute Gasteiger partial charge is 0.300 e. The fraction of sp³-hybridized carbons (Fsp3) is 0.933. The Morgan fingerprint density at radius 2 is 1.44 bits per heavy atom. The van der Waals surface area contributed by atoms with Crippen molar-refractivity contribution >= 4 is 5.78 Å². The smallest absolute Gasteiger partial charge is 0.129 e. The van der Waals surface area contributed by atoms with Crippen LogP contribution in [-0.4, -0.2) is 5.78 Å². The van der Waals surface area contributed by atoms with Crippen LogP contribution in [0.1, 0.15) is 79.1 Å². The fourth-order valence-corrected chi connectivity index (χ4v) is 2.30. The summed E-state index contributed by atoms with van der Waals surface area (Å²) in [6, 6.07) is 0. The Kier molecular flexibility index (Phi) is 9.66. The first-order valence-corrected chi connectivity index (χ1v) is 7.05. The molecule has 2 atom stereocenters. The zero-order chi connectivity index (χ0) is 12.4. The van der Waals surface area contributed by atoms with Crippen LogP contribution in [0.4, 0.5) is 0 Å². The summed E-state index contributed by atoms with van der Waals surface area (Å²) in [4.78, 5) is 10.8. The lowest BCUT2D eigenvalue weighted by Crippen LogP contribution is -2.00. The van der Waals surface area contributed by atoms with E-state index in [1.807, 2.05) is 0 Å². The van der Waals surface area contributed by atoms with Crippen LogP contribution in [0.25, 0.3) is 0 Å². The van der Waals surface area contributed by atoms with Crippen molar-refractivity contribution in [1.29, 1.82) is 0 Å². The van der Waals surface area contributed by atoms with Gasteiger partial charge in [0.1, 0.15) is 5.78 Å². The molecule has 0 saturated carbocycles. The molecule has 0 aromatic rings. The Morgan fingerprint density at radius 1 is 0.938 bits per heavy atom. The van der Waals surface area contributed by atoms with Crippen LogP contribution in [0.15, 0.2) is 0 Å². The molecule has 1 nitrogen and oxygen atoms in total. The molecule has 16 heavy (non-hydrogen) atoms. The van der Waals surface area contributed by atoms with E-state index in [9.17, 15) is 4.79 Å². The molecule has 0 fully saturated rings. The summed E-state index contributed by atoms with van der Waals surface area (Å²) in [5.74, 6) is 2.03. The average molecular weight is 226 g/mol. The highest BCUT2D eigenvalue weighted by molar-refractivity contribution is 5.75. The lowest BCUT2D eigenvalue weighted by molar-refractivity contribution is -0.117. The third-order valence-electron chi connectivity index (χ3n) is 3.40. The summed E-state index contributed by atoms with van der Waals surface area (Å²) in [5, 5.41) is 0. The van der Waals surface area contributed by atoms with E-state index in [2.05, 4.69) is 20.8 Å². The maximum absolute atomic E-state index is 10.8. The monoisotopic (exact) mass is 226 g/mol. The Hall–Kier alpha value is -0.330. The lowest BCUT2D eigenvalue weighted by atomic mass is 9.93. The molecule has 0 aliphatic heterocycles. The van der Waals surface area contributed by atoms with E-state index >= 15 is 0 Å². The SMILES string of the molecule is CCCC(C)CCC[C@H](C)CCCC(C)=O. The summed E-state index contributed by atoms with van der Waals surface area (Å²) < 4.78 is 0. The van der Waals surface area contributed by atoms with Crippen LogP contribution < -0.4 is 0 Å². The third-order valence-corrected chi connectivity index (χ3v) is 3.40. The van der Waals surface area contributed by atoms with Gasteiger partial charge in [-0.25, -0.2) is 0 Å². The summed E-state index contributed by atoms with van der Waals surface area (Å²) in [6.45, 7) is 8.65. The van der Waals surface area contributed by atoms with Gasteiger partial charge in [-0.1, -0.05) is 59.3 Å². The van der Waals surface area contributed by atoms with Crippen molar-refractivity contribution in [2.24, 2.45) is 11.8 Å². The topological polar surface area (TPSA) is 17.1 Å². The highest BCUT2D eigenvalue weighted by Gasteiger charge is 2.05. The summed E-state index contributed by atoms with van der Waals surface area (Å²) >= 11 is 0. The third kappa shape index (κ3) is 10.2. The molecular weight excluding hydrogens is 196 g/mol. The van der Waals surface area contributed by atoms with Gasteiger partial charge in [-0.2, -0.15) is 0 Å². The Balaban J connectivity index is 3.36. The number of hydrogen-bond donors (Lipinski definition) is 0. The first-order valence-electron chi connectivity index (χ1n) is 7.05. The van der Waals surface area contributed by atoms with Gasteiger partial charge in [0.15, 0.2) is 0 Å². The summed E-state index contributed by atoms with van der Waals surface area (Å²) in [5.41, 5.74) is 0. The second-order valence-corrected chi connectivity index (χ2v) is 5.52. The lowest BCUT2D eigenvalue weighted by Gasteiger charge is -2.13. The molecule has 0 N–H and O–H groups in total. The molecule has 0 rings (SSSR count). The quantitative estimate of drug-likeness (QED) is 0.513. The molecule has 0 aromatic heterocycles. The molecule has 1 unspecified atom stereocenters. The fourth-order valence-electron chi connectivity index (χ4n) is 2.30. The second-order valence-electron chi connectivity index (χ2n) is 5.52. The molecule has 96 valence electrons. The van der Waals surface area contributed by atoms with Gasteiger partial charge in [-0.3, -0.25) is 0 Å². The predicted octanol–water partition coefficient (Wildman–Crippen LogP) is 4.99. The van der Waals surface area contributed by atoms with E-state index in [4.69, 9.17) is 0 Å². The first kappa shape index (κ1) is 15.7. The molecule has 0 aliphatic rings. The molecule has 0 saturated heterocycles. The predicted molar refractivity (Wildman–Crippen MR) is 71.6 cm³/mol. The Labute approximate surface area is 102 Å². The highest BCUT2D eigenvalue weighted by atomic mass is 16.1. The number of carbonyl (C=O) groups is 1. The normalized spacial score (nSPS) is 14.8. The molecule has 0 aliphatic carbocycles. The van der Waals surface area contributed by atoms with Crippen molar-refractivity contribution in [2.45, 2.75) is 79.1 Å². The van der Waals surface area contributed by atoms with Gasteiger partial charge in [-0.05, 0) is 25.2 Å². The van der Waals surface area contributed by atoms with Gasteiger partial charge in [0, 0.05) is 6.42 Å². The van der Waals surface area contributed by atoms with Gasteiger partial charge >= 0.3 is 0 Å². The molecule has 0 spiro atoms. The van der Waals surface area contributed by atoms with Crippen molar-refractivity contribution in [3.05, 3.63) is 0 Å². The van der Waals surface area contributed by atoms with E-state index in [0.29, 0.717) is 5.78 Å². The van der Waals surface area contributed by atoms with Crippen molar-refractivity contribution in [3.8, 4) is 0 Å². The number of Topliss-reactive ketones (excluding diaryl/α,β-unsaturated/α-hetero) is 1. The van der Waals surface area contributed by atoms with Crippen LogP contribution in [0.2, 0.25) is 0 Å². The van der Waals surface area contributed by atoms with Crippen LogP contribution in [0.3, 0.4) is 0 Å². The van der Waals surface area contributed by atoms with Gasteiger partial charge < -0.3 is 4.79 Å². The molecular formula is C15H30O. The van der Waals surface area contributed by atoms with Crippen LogP contribution in [-0.2, 0) is 4.79 Å². The minimum absolute atomic E-state index is 0.337. The maximum Gasteiger partial charge on any atom is 0.129 e. The summed E-state index contributed by atoms with van der Waals surface area (Å²) in [6.07, 6.45) is 9.85. The summed E-state index contributed by atoms with van der Waals surface area (Å²) in [7, 11) is 0. The van der Waals surface area contributed by atoms with Crippen LogP contribution in [0.5, 0.6) is 0 Å². The zero-order valence-electron chi connectivity index (χ0n) is 11.7. The molecule has 0 radical (unpaired) electrons. The number of carbonyl (C=O) groups excluding carboxylic acids is 1. The van der Waals surface area contributed by atoms with Crippen molar-refractivity contribution in [1.82, 2.24) is 0 Å². The molecule has 0 amide bonds. The van der Waals surface area contributed by atoms with E-state index in [-0.39, 0.29) is 0 Å². The minimum atomic E-state index is 0.337. The Bertz CT molecular complexity index is 174. The molecule has 1 heteroatoms. The maximum atomic E-state index is 10.8. The average Bonchev–Trinajstić information content (AvgIpc) is 2.17. The van der Waals surface area contributed by atoms with Crippen molar-refractivity contribution in [3.63, 3.8) is 0 Å². The molecule has 0 aromatic carbocycles. The van der Waals surface area contributed by atoms with E-state index in [0.717, 1.165) is 24.7 Å². The standard InChI is InChI=1S/C15H30O/c1-5-8-13(2)9-6-10-14(3)11-7-12-15(4)16/h13-14H,5-12H2,1-4H3/t13?,14-/m0/s1. The number of ketones is 1. The van der Waals surface area contributed by atoms with Gasteiger partial charge in [0.25, 0.3) is 0 Å². The van der Waals surface area contributed by atoms with Crippen molar-refractivity contribution < 1.29 is 4.79 Å². The van der Waals surface area contributed by atoms with E-state index < -0.39 is 0 Å². The van der Waals surface area contributed by atoms with E-state index in [1.165, 1.54) is 38.5 Å². The minimum Gasteiger partial charge on any atom is -0.300 e. The number of rotatable bonds is 10. The van der Waals surface area contributed by atoms with Crippen LogP contribution >= 0.6 is 0 Å². The molecule has 0 bridgehead atoms. The molecule has 0 heterocycles. The van der Waals surface area contributed by atoms with Crippen LogP contribution in [0, 0.1) is 11.8 Å². The van der Waals surface area contributed by atoms with Gasteiger partial charge in [0.2, 0.25) is 0 Å². The van der Waals surface area contributed by atoms with Gasteiger partial charge in [-0.15, -0.1) is 0 Å². The Morgan fingerprint density at radius 3 is 1.94 bits per heavy atom.